The van der Waals surface area contributed by atoms with E-state index in [1.165, 1.54) is 0 Å². The number of nitrogens with zero attached hydrogens (tertiary/aromatic N) is 1. The van der Waals surface area contributed by atoms with Gasteiger partial charge in [-0.05, 0) is 116 Å². The third kappa shape index (κ3) is 52.8. The van der Waals surface area contributed by atoms with Gasteiger partial charge in [-0.15, -0.1) is 0 Å². The predicted molar refractivity (Wildman–Crippen MR) is 299 cm³/mol. The van der Waals surface area contributed by atoms with E-state index in [0.717, 1.165) is 128 Å². The molecule has 0 spiro atoms. The molecule has 398 valence electrons. The lowest BCUT2D eigenvalue weighted by atomic mass is 10.1. The Labute approximate surface area is 432 Å². The fourth-order valence-electron chi connectivity index (χ4n) is 6.49. The molecule has 2 atom stereocenters. The second-order valence-electron chi connectivity index (χ2n) is 18.4. The highest BCUT2D eigenvalue weighted by atomic mass is 16.7. The number of carboxylic acid groups (broad SMARTS) is 1. The van der Waals surface area contributed by atoms with Crippen molar-refractivity contribution in [3.05, 3.63) is 146 Å². The standard InChI is InChI=1S/C62H97NO8/c1-6-8-10-12-14-16-18-20-22-24-26-28-30-32-34-36-38-40-42-44-46-48-50-52-59(64)69-56-58(57-70-62(61(66)67)68-55-54-63(3,4)5)71-60(65)53-51-49-47-45-43-41-39-37-35-33-31-29-27-25-23-21-19-17-15-13-11-9-7-2/h8-11,14-17,20-23,26-29,32-35,38-41,58,62H,6-7,12-13,18-19,24-25,30-31,36-37,42-57H2,1-5H3/p+1/b10-8-,11-9-,16-14-,17-15-,22-20-,23-21-,28-26-,29-27-,34-32-,35-33-,40-38-,41-39-. The van der Waals surface area contributed by atoms with Crippen molar-refractivity contribution in [1.82, 2.24) is 0 Å². The largest absolute Gasteiger partial charge is 0.477 e. The van der Waals surface area contributed by atoms with E-state index >= 15 is 0 Å². The molecule has 0 aliphatic rings. The smallest absolute Gasteiger partial charge is 0.361 e. The van der Waals surface area contributed by atoms with Crippen molar-refractivity contribution in [2.75, 3.05) is 47.5 Å². The van der Waals surface area contributed by atoms with Crippen LogP contribution in [0.25, 0.3) is 0 Å². The molecule has 0 fully saturated rings. The van der Waals surface area contributed by atoms with Gasteiger partial charge in [-0.3, -0.25) is 9.59 Å². The maximum Gasteiger partial charge on any atom is 0.361 e. The Kier molecular flexibility index (Phi) is 48.0. The highest BCUT2D eigenvalue weighted by Crippen LogP contribution is 2.12. The first kappa shape index (κ1) is 66.2. The Morgan fingerprint density at radius 1 is 0.423 bits per heavy atom. The summed E-state index contributed by atoms with van der Waals surface area (Å²) in [4.78, 5) is 37.4. The number of likely N-dealkylation sites (N-methyl/N-ethyl adjacent to an activating group) is 1. The summed E-state index contributed by atoms with van der Waals surface area (Å²) in [6.45, 7) is 4.55. The van der Waals surface area contributed by atoms with Crippen LogP contribution in [0.5, 0.6) is 0 Å². The van der Waals surface area contributed by atoms with Crippen LogP contribution in [-0.2, 0) is 33.3 Å². The van der Waals surface area contributed by atoms with Gasteiger partial charge in [0, 0.05) is 12.8 Å². The summed E-state index contributed by atoms with van der Waals surface area (Å²) in [5.41, 5.74) is 0. The molecule has 2 unspecified atom stereocenters. The number of hydrogen-bond donors (Lipinski definition) is 1. The molecule has 0 bridgehead atoms. The van der Waals surface area contributed by atoms with Crippen molar-refractivity contribution in [2.24, 2.45) is 0 Å². The summed E-state index contributed by atoms with van der Waals surface area (Å²) < 4.78 is 22.8. The maximum atomic E-state index is 12.8. The molecule has 0 radical (unpaired) electrons. The molecule has 0 heterocycles. The van der Waals surface area contributed by atoms with Crippen molar-refractivity contribution >= 4 is 17.9 Å². The number of carbonyl (C=O) groups is 3. The lowest BCUT2D eigenvalue weighted by molar-refractivity contribution is -0.870. The number of hydrogen-bond acceptors (Lipinski definition) is 7. The van der Waals surface area contributed by atoms with Gasteiger partial charge in [-0.1, -0.05) is 185 Å². The minimum absolute atomic E-state index is 0.168. The molecule has 0 aromatic carbocycles. The molecule has 0 saturated heterocycles. The van der Waals surface area contributed by atoms with E-state index in [-0.39, 0.29) is 38.6 Å². The van der Waals surface area contributed by atoms with Gasteiger partial charge >= 0.3 is 17.9 Å². The summed E-state index contributed by atoms with van der Waals surface area (Å²) in [7, 11) is 5.93. The van der Waals surface area contributed by atoms with Crippen LogP contribution in [0.1, 0.15) is 168 Å². The third-order valence-electron chi connectivity index (χ3n) is 10.6. The van der Waals surface area contributed by atoms with Gasteiger partial charge in [-0.2, -0.15) is 0 Å². The molecule has 0 amide bonds. The van der Waals surface area contributed by atoms with Gasteiger partial charge in [0.05, 0.1) is 34.4 Å². The van der Waals surface area contributed by atoms with Crippen molar-refractivity contribution in [1.29, 1.82) is 0 Å². The summed E-state index contributed by atoms with van der Waals surface area (Å²) in [6, 6.07) is 0. The van der Waals surface area contributed by atoms with E-state index in [9.17, 15) is 19.5 Å². The number of aliphatic carboxylic acids is 1. The molecule has 0 aliphatic heterocycles. The molecule has 0 saturated carbocycles. The quantitative estimate of drug-likeness (QED) is 0.0211. The highest BCUT2D eigenvalue weighted by Gasteiger charge is 2.25. The zero-order valence-electron chi connectivity index (χ0n) is 45.1. The molecule has 9 heteroatoms. The zero-order chi connectivity index (χ0) is 52.0. The monoisotopic (exact) mass is 985 g/mol. The number of rotatable bonds is 47. The molecular weight excluding hydrogens is 887 g/mol. The topological polar surface area (TPSA) is 108 Å². The van der Waals surface area contributed by atoms with Crippen LogP contribution >= 0.6 is 0 Å². The fraction of sp³-hybridized carbons (Fsp3) is 0.565. The van der Waals surface area contributed by atoms with Crippen LogP contribution in [0.4, 0.5) is 0 Å². The Morgan fingerprint density at radius 3 is 1.11 bits per heavy atom. The Balaban J connectivity index is 4.47. The normalized spacial score (nSPS) is 14.0. The van der Waals surface area contributed by atoms with E-state index in [2.05, 4.69) is 160 Å². The van der Waals surface area contributed by atoms with E-state index in [0.29, 0.717) is 23.9 Å². The van der Waals surface area contributed by atoms with Crippen LogP contribution in [0, 0.1) is 0 Å². The Hall–Kier alpha value is -4.83. The number of allylic oxidation sites excluding steroid dienone is 24. The van der Waals surface area contributed by atoms with Crippen molar-refractivity contribution in [3.8, 4) is 0 Å². The second-order valence-corrected chi connectivity index (χ2v) is 18.4. The third-order valence-corrected chi connectivity index (χ3v) is 10.6. The molecule has 0 aromatic heterocycles. The van der Waals surface area contributed by atoms with Gasteiger partial charge in [0.2, 0.25) is 0 Å². The molecule has 71 heavy (non-hydrogen) atoms. The van der Waals surface area contributed by atoms with E-state index in [4.69, 9.17) is 18.9 Å². The van der Waals surface area contributed by atoms with E-state index in [1.54, 1.807) is 0 Å². The average molecular weight is 985 g/mol. The summed E-state index contributed by atoms with van der Waals surface area (Å²) in [5.74, 6) is -2.10. The summed E-state index contributed by atoms with van der Waals surface area (Å²) in [5, 5.41) is 9.69. The first-order valence-electron chi connectivity index (χ1n) is 27.0. The molecular formula is C62H98NO8+. The van der Waals surface area contributed by atoms with Crippen LogP contribution < -0.4 is 0 Å². The van der Waals surface area contributed by atoms with Gasteiger partial charge in [0.1, 0.15) is 13.2 Å². The van der Waals surface area contributed by atoms with Crippen LogP contribution in [-0.4, -0.2) is 87.4 Å². The number of carbonyl (C=O) groups excluding carboxylic acids is 2. The number of unbranched alkanes of at least 4 members (excludes halogenated alkanes) is 8. The van der Waals surface area contributed by atoms with E-state index < -0.39 is 24.3 Å². The highest BCUT2D eigenvalue weighted by molar-refractivity contribution is 5.71. The minimum Gasteiger partial charge on any atom is -0.477 e. The number of esters is 2. The van der Waals surface area contributed by atoms with Crippen molar-refractivity contribution in [3.63, 3.8) is 0 Å². The van der Waals surface area contributed by atoms with Crippen LogP contribution in [0.15, 0.2) is 146 Å². The molecule has 1 N–H and O–H groups in total. The van der Waals surface area contributed by atoms with Gasteiger partial charge in [0.25, 0.3) is 6.29 Å². The first-order chi connectivity index (χ1) is 34.6. The van der Waals surface area contributed by atoms with Gasteiger partial charge < -0.3 is 28.5 Å². The number of ether oxygens (including phenoxy) is 4. The first-order valence-corrected chi connectivity index (χ1v) is 27.0. The number of quaternary nitrogens is 1. The maximum absolute atomic E-state index is 12.8. The predicted octanol–water partition coefficient (Wildman–Crippen LogP) is 15.7. The fourth-order valence-corrected chi connectivity index (χ4v) is 6.49. The van der Waals surface area contributed by atoms with Crippen molar-refractivity contribution in [2.45, 2.75) is 180 Å². The minimum atomic E-state index is -1.53. The van der Waals surface area contributed by atoms with Gasteiger partial charge in [0.15, 0.2) is 6.10 Å². The van der Waals surface area contributed by atoms with Gasteiger partial charge in [-0.25, -0.2) is 4.79 Å². The lowest BCUT2D eigenvalue weighted by Crippen LogP contribution is -2.40. The van der Waals surface area contributed by atoms with E-state index in [1.807, 2.05) is 21.1 Å². The molecule has 0 rings (SSSR count). The summed E-state index contributed by atoms with van der Waals surface area (Å²) >= 11 is 0. The average Bonchev–Trinajstić information content (AvgIpc) is 3.34. The zero-order valence-corrected chi connectivity index (χ0v) is 45.1. The van der Waals surface area contributed by atoms with Crippen LogP contribution in [0.2, 0.25) is 0 Å². The summed E-state index contributed by atoms with van der Waals surface area (Å²) in [6.07, 6.45) is 72.0. The lowest BCUT2D eigenvalue weighted by Gasteiger charge is -2.25. The molecule has 9 nitrogen and oxygen atoms in total. The SMILES string of the molecule is CC/C=C\C/C=C\C/C=C\C/C=C\C/C=C\C/C=C\CCCCCCC(=O)OCC(COC(OCC[N+](C)(C)C)C(=O)O)OC(=O)CCCCCC/C=C\C/C=C\C/C=C\C/C=C\C/C=C\C/C=C\CC. The number of carboxylic acids is 1. The van der Waals surface area contributed by atoms with Crippen molar-refractivity contribution < 1.29 is 42.9 Å². The Morgan fingerprint density at radius 2 is 0.761 bits per heavy atom. The second kappa shape index (κ2) is 51.5. The Bertz CT molecular complexity index is 1670. The molecule has 0 aromatic rings. The molecule has 0 aliphatic carbocycles. The van der Waals surface area contributed by atoms with Crippen LogP contribution in [0.3, 0.4) is 0 Å².